The Bertz CT molecular complexity index is 325. The molecule has 0 aliphatic heterocycles. The second-order valence-electron chi connectivity index (χ2n) is 3.30. The number of anilines is 1. The van der Waals surface area contributed by atoms with E-state index in [9.17, 15) is 4.79 Å². The largest absolute Gasteiger partial charge is 0.480 e. The zero-order chi connectivity index (χ0) is 11.3. The molecule has 1 atom stereocenters. The third-order valence-corrected chi connectivity index (χ3v) is 2.07. The standard InChI is InChI=1S/C8H15N5O2/c1-3-4-5-6(7(14)15)9-8-10-11-12-13(8)2/h6H,3-5H2,1-2H3,(H,14,15)(H,9,10,12). The molecule has 1 heterocycles. The number of unbranched alkanes of at least 4 members (excludes halogenated alkanes) is 1. The van der Waals surface area contributed by atoms with Crippen molar-refractivity contribution in [2.75, 3.05) is 5.32 Å². The number of aryl methyl sites for hydroxylation is 1. The van der Waals surface area contributed by atoms with Gasteiger partial charge in [0.1, 0.15) is 6.04 Å². The van der Waals surface area contributed by atoms with Gasteiger partial charge in [-0.2, -0.15) is 0 Å². The molecule has 0 aliphatic rings. The van der Waals surface area contributed by atoms with Crippen LogP contribution in [0.5, 0.6) is 0 Å². The predicted molar refractivity (Wildman–Crippen MR) is 53.4 cm³/mol. The molecule has 0 amide bonds. The monoisotopic (exact) mass is 213 g/mol. The Labute approximate surface area is 87.5 Å². The third kappa shape index (κ3) is 3.19. The lowest BCUT2D eigenvalue weighted by molar-refractivity contribution is -0.138. The summed E-state index contributed by atoms with van der Waals surface area (Å²) >= 11 is 0. The molecule has 1 aromatic heterocycles. The fraction of sp³-hybridized carbons (Fsp3) is 0.750. The van der Waals surface area contributed by atoms with Crippen molar-refractivity contribution in [2.45, 2.75) is 32.2 Å². The Morgan fingerprint density at radius 3 is 2.87 bits per heavy atom. The van der Waals surface area contributed by atoms with Crippen molar-refractivity contribution in [1.29, 1.82) is 0 Å². The van der Waals surface area contributed by atoms with Gasteiger partial charge in [-0.1, -0.05) is 24.9 Å². The highest BCUT2D eigenvalue weighted by Crippen LogP contribution is 2.07. The van der Waals surface area contributed by atoms with Gasteiger partial charge in [0.2, 0.25) is 5.95 Å². The SMILES string of the molecule is CCCCC(Nc1nnnn1C)C(=O)O. The maximum Gasteiger partial charge on any atom is 0.326 e. The number of hydrogen-bond donors (Lipinski definition) is 2. The zero-order valence-electron chi connectivity index (χ0n) is 8.84. The molecule has 0 saturated heterocycles. The Morgan fingerprint density at radius 2 is 2.40 bits per heavy atom. The van der Waals surface area contributed by atoms with Gasteiger partial charge in [-0.05, 0) is 16.8 Å². The molecule has 0 aliphatic carbocycles. The van der Waals surface area contributed by atoms with Crippen LogP contribution in [-0.2, 0) is 11.8 Å². The summed E-state index contributed by atoms with van der Waals surface area (Å²) in [6.07, 6.45) is 2.39. The van der Waals surface area contributed by atoms with Crippen LogP contribution < -0.4 is 5.32 Å². The van der Waals surface area contributed by atoms with Crippen LogP contribution >= 0.6 is 0 Å². The first kappa shape index (κ1) is 11.4. The number of hydrogen-bond acceptors (Lipinski definition) is 5. The maximum atomic E-state index is 10.9. The summed E-state index contributed by atoms with van der Waals surface area (Å²) in [4.78, 5) is 10.9. The first-order valence-corrected chi connectivity index (χ1v) is 4.86. The van der Waals surface area contributed by atoms with Crippen LogP contribution in [-0.4, -0.2) is 37.3 Å². The maximum absolute atomic E-state index is 10.9. The van der Waals surface area contributed by atoms with Crippen LogP contribution in [0.3, 0.4) is 0 Å². The average molecular weight is 213 g/mol. The van der Waals surface area contributed by atoms with E-state index >= 15 is 0 Å². The fourth-order valence-corrected chi connectivity index (χ4v) is 1.17. The quantitative estimate of drug-likeness (QED) is 0.704. The Kier molecular flexibility index (Phi) is 4.02. The van der Waals surface area contributed by atoms with Crippen molar-refractivity contribution in [3.05, 3.63) is 0 Å². The highest BCUT2D eigenvalue weighted by molar-refractivity contribution is 5.76. The summed E-state index contributed by atoms with van der Waals surface area (Å²) < 4.78 is 1.40. The van der Waals surface area contributed by atoms with E-state index in [4.69, 9.17) is 5.11 Å². The van der Waals surface area contributed by atoms with E-state index in [0.717, 1.165) is 12.8 Å². The predicted octanol–water partition coefficient (Wildman–Crippen LogP) is 0.265. The van der Waals surface area contributed by atoms with E-state index in [1.54, 1.807) is 7.05 Å². The number of nitrogens with zero attached hydrogens (tertiary/aromatic N) is 4. The smallest absolute Gasteiger partial charge is 0.326 e. The molecule has 2 N–H and O–H groups in total. The topological polar surface area (TPSA) is 92.9 Å². The van der Waals surface area contributed by atoms with E-state index in [2.05, 4.69) is 20.8 Å². The summed E-state index contributed by atoms with van der Waals surface area (Å²) in [5.41, 5.74) is 0. The van der Waals surface area contributed by atoms with Crippen molar-refractivity contribution in [3.63, 3.8) is 0 Å². The number of tetrazole rings is 1. The minimum atomic E-state index is -0.883. The first-order chi connectivity index (χ1) is 7.15. The second-order valence-corrected chi connectivity index (χ2v) is 3.30. The summed E-state index contributed by atoms with van der Waals surface area (Å²) in [6, 6.07) is -0.630. The van der Waals surface area contributed by atoms with Crippen molar-refractivity contribution in [1.82, 2.24) is 20.2 Å². The molecular formula is C8H15N5O2. The normalized spacial score (nSPS) is 12.4. The van der Waals surface area contributed by atoms with Crippen LogP contribution in [0.4, 0.5) is 5.95 Å². The average Bonchev–Trinajstić information content (AvgIpc) is 2.58. The molecule has 0 fully saturated rings. The van der Waals surface area contributed by atoms with Gasteiger partial charge in [0, 0.05) is 7.05 Å². The van der Waals surface area contributed by atoms with Crippen LogP contribution in [0.1, 0.15) is 26.2 Å². The third-order valence-electron chi connectivity index (χ3n) is 2.07. The van der Waals surface area contributed by atoms with Gasteiger partial charge in [0.05, 0.1) is 0 Å². The van der Waals surface area contributed by atoms with Gasteiger partial charge in [-0.25, -0.2) is 9.48 Å². The van der Waals surface area contributed by atoms with Gasteiger partial charge in [-0.3, -0.25) is 0 Å². The molecule has 15 heavy (non-hydrogen) atoms. The van der Waals surface area contributed by atoms with Crippen molar-refractivity contribution in [3.8, 4) is 0 Å². The molecule has 7 heteroatoms. The number of aromatic nitrogens is 4. The van der Waals surface area contributed by atoms with E-state index in [1.807, 2.05) is 6.92 Å². The molecule has 1 rings (SSSR count). The highest BCUT2D eigenvalue weighted by atomic mass is 16.4. The summed E-state index contributed by atoms with van der Waals surface area (Å²) in [6.45, 7) is 2.02. The summed E-state index contributed by atoms with van der Waals surface area (Å²) in [5.74, 6) is -0.509. The van der Waals surface area contributed by atoms with Gasteiger partial charge in [0.25, 0.3) is 0 Å². The number of carbonyl (C=O) groups is 1. The number of aliphatic carboxylic acids is 1. The molecule has 0 spiro atoms. The molecule has 7 nitrogen and oxygen atoms in total. The number of carboxylic acids is 1. The molecular weight excluding hydrogens is 198 g/mol. The molecule has 0 radical (unpaired) electrons. The molecule has 1 unspecified atom stereocenters. The number of carboxylic acid groups (broad SMARTS) is 1. The molecule has 0 bridgehead atoms. The van der Waals surface area contributed by atoms with Crippen LogP contribution in [0.25, 0.3) is 0 Å². The van der Waals surface area contributed by atoms with Gasteiger partial charge in [-0.15, -0.1) is 0 Å². The van der Waals surface area contributed by atoms with Gasteiger partial charge < -0.3 is 10.4 Å². The highest BCUT2D eigenvalue weighted by Gasteiger charge is 2.18. The van der Waals surface area contributed by atoms with Gasteiger partial charge >= 0.3 is 5.97 Å². The Morgan fingerprint density at radius 1 is 1.67 bits per heavy atom. The zero-order valence-corrected chi connectivity index (χ0v) is 8.84. The van der Waals surface area contributed by atoms with Crippen LogP contribution in [0, 0.1) is 0 Å². The van der Waals surface area contributed by atoms with E-state index in [-0.39, 0.29) is 0 Å². The van der Waals surface area contributed by atoms with Crippen molar-refractivity contribution < 1.29 is 9.90 Å². The fourth-order valence-electron chi connectivity index (χ4n) is 1.17. The number of rotatable bonds is 6. The van der Waals surface area contributed by atoms with E-state index < -0.39 is 12.0 Å². The lowest BCUT2D eigenvalue weighted by Crippen LogP contribution is -2.30. The lowest BCUT2D eigenvalue weighted by atomic mass is 10.1. The molecule has 0 saturated carbocycles. The Hall–Kier alpha value is -1.66. The minimum Gasteiger partial charge on any atom is -0.480 e. The van der Waals surface area contributed by atoms with Crippen LogP contribution in [0.2, 0.25) is 0 Å². The van der Waals surface area contributed by atoms with Crippen LogP contribution in [0.15, 0.2) is 0 Å². The molecule has 1 aromatic rings. The summed E-state index contributed by atoms with van der Waals surface area (Å²) in [5, 5.41) is 22.4. The second kappa shape index (κ2) is 5.28. The first-order valence-electron chi connectivity index (χ1n) is 4.86. The van der Waals surface area contributed by atoms with E-state index in [0.29, 0.717) is 12.4 Å². The summed E-state index contributed by atoms with van der Waals surface area (Å²) in [7, 11) is 1.65. The van der Waals surface area contributed by atoms with E-state index in [1.165, 1.54) is 4.68 Å². The van der Waals surface area contributed by atoms with Gasteiger partial charge in [0.15, 0.2) is 0 Å². The molecule has 0 aromatic carbocycles. The Balaban J connectivity index is 2.59. The van der Waals surface area contributed by atoms with Crippen molar-refractivity contribution >= 4 is 11.9 Å². The minimum absolute atomic E-state index is 0.374. The molecule has 84 valence electrons. The van der Waals surface area contributed by atoms with Crippen molar-refractivity contribution in [2.24, 2.45) is 7.05 Å². The lowest BCUT2D eigenvalue weighted by Gasteiger charge is -2.13. The number of nitrogens with one attached hydrogen (secondary N) is 1.